The Labute approximate surface area is 197 Å². The molecule has 0 unspecified atom stereocenters. The molecule has 9 heteroatoms. The van der Waals surface area contributed by atoms with E-state index in [0.29, 0.717) is 37.6 Å². The SMILES string of the molecule is COCCCOc1cc(C[C@@H](C[C@H](NC(=O)O)[C@@H](O)CN(C)C(C)=O)C(C)C)ccc1OC. The van der Waals surface area contributed by atoms with Crippen LogP contribution in [0.15, 0.2) is 18.2 Å². The highest BCUT2D eigenvalue weighted by Gasteiger charge is 2.28. The van der Waals surface area contributed by atoms with E-state index in [4.69, 9.17) is 14.2 Å². The first-order valence-electron chi connectivity index (χ1n) is 11.3. The van der Waals surface area contributed by atoms with E-state index in [0.717, 1.165) is 12.0 Å². The van der Waals surface area contributed by atoms with E-state index in [1.54, 1.807) is 21.3 Å². The summed E-state index contributed by atoms with van der Waals surface area (Å²) in [7, 11) is 4.82. The molecule has 2 amide bonds. The number of hydrogen-bond acceptors (Lipinski definition) is 6. The summed E-state index contributed by atoms with van der Waals surface area (Å²) in [6.07, 6.45) is -0.376. The van der Waals surface area contributed by atoms with Crippen LogP contribution in [0.5, 0.6) is 11.5 Å². The maximum atomic E-state index is 11.5. The molecule has 0 radical (unpaired) electrons. The molecular weight excluding hydrogens is 428 g/mol. The summed E-state index contributed by atoms with van der Waals surface area (Å²) >= 11 is 0. The molecular formula is C24H40N2O7. The molecule has 3 atom stereocenters. The summed E-state index contributed by atoms with van der Waals surface area (Å²) in [5.41, 5.74) is 1.03. The van der Waals surface area contributed by atoms with Gasteiger partial charge < -0.3 is 34.6 Å². The van der Waals surface area contributed by atoms with Crippen molar-refractivity contribution in [3.8, 4) is 11.5 Å². The van der Waals surface area contributed by atoms with E-state index in [1.165, 1.54) is 11.8 Å². The van der Waals surface area contributed by atoms with Crippen LogP contribution in [0.4, 0.5) is 4.79 Å². The van der Waals surface area contributed by atoms with E-state index in [9.17, 15) is 19.8 Å². The summed E-state index contributed by atoms with van der Waals surface area (Å²) in [5.74, 6) is 1.41. The maximum absolute atomic E-state index is 11.5. The number of benzene rings is 1. The molecule has 33 heavy (non-hydrogen) atoms. The monoisotopic (exact) mass is 468 g/mol. The lowest BCUT2D eigenvalue weighted by atomic mass is 9.83. The van der Waals surface area contributed by atoms with E-state index in [-0.39, 0.29) is 24.3 Å². The van der Waals surface area contributed by atoms with Crippen LogP contribution in [0.2, 0.25) is 0 Å². The fourth-order valence-corrected chi connectivity index (χ4v) is 3.57. The number of hydrogen-bond donors (Lipinski definition) is 3. The lowest BCUT2D eigenvalue weighted by Gasteiger charge is -2.31. The minimum absolute atomic E-state index is 0.0487. The molecule has 9 nitrogen and oxygen atoms in total. The van der Waals surface area contributed by atoms with Gasteiger partial charge in [0.05, 0.1) is 25.9 Å². The third-order valence-electron chi connectivity index (χ3n) is 5.75. The van der Waals surface area contributed by atoms with Crippen LogP contribution in [0.1, 0.15) is 39.2 Å². The van der Waals surface area contributed by atoms with Gasteiger partial charge in [0.2, 0.25) is 5.91 Å². The number of methoxy groups -OCH3 is 2. The van der Waals surface area contributed by atoms with Gasteiger partial charge in [0.1, 0.15) is 0 Å². The second-order valence-corrected chi connectivity index (χ2v) is 8.65. The Kier molecular flexibility index (Phi) is 12.6. The van der Waals surface area contributed by atoms with Crippen molar-refractivity contribution in [2.45, 2.75) is 52.2 Å². The summed E-state index contributed by atoms with van der Waals surface area (Å²) in [6.45, 7) is 6.71. The lowest BCUT2D eigenvalue weighted by molar-refractivity contribution is -0.129. The zero-order valence-electron chi connectivity index (χ0n) is 20.7. The molecule has 0 aromatic heterocycles. The quantitative estimate of drug-likeness (QED) is 0.339. The molecule has 0 bridgehead atoms. The van der Waals surface area contributed by atoms with Gasteiger partial charge in [-0.2, -0.15) is 0 Å². The Morgan fingerprint density at radius 3 is 2.39 bits per heavy atom. The number of carbonyl (C=O) groups is 2. The average molecular weight is 469 g/mol. The normalized spacial score (nSPS) is 13.8. The molecule has 0 aliphatic heterocycles. The van der Waals surface area contributed by atoms with E-state index in [2.05, 4.69) is 19.2 Å². The molecule has 0 fully saturated rings. The maximum Gasteiger partial charge on any atom is 0.404 e. The van der Waals surface area contributed by atoms with E-state index < -0.39 is 18.2 Å². The molecule has 0 aliphatic carbocycles. The van der Waals surface area contributed by atoms with Crippen molar-refractivity contribution in [2.24, 2.45) is 11.8 Å². The fourth-order valence-electron chi connectivity index (χ4n) is 3.57. The van der Waals surface area contributed by atoms with Gasteiger partial charge in [0, 0.05) is 40.7 Å². The van der Waals surface area contributed by atoms with Crippen molar-refractivity contribution in [3.05, 3.63) is 23.8 Å². The third-order valence-corrected chi connectivity index (χ3v) is 5.75. The van der Waals surface area contributed by atoms with Gasteiger partial charge >= 0.3 is 6.09 Å². The molecule has 0 aliphatic rings. The van der Waals surface area contributed by atoms with Gasteiger partial charge in [0.25, 0.3) is 0 Å². The summed E-state index contributed by atoms with van der Waals surface area (Å²) in [5, 5.41) is 22.4. The van der Waals surface area contributed by atoms with Crippen LogP contribution in [0.25, 0.3) is 0 Å². The molecule has 0 spiro atoms. The molecule has 0 heterocycles. The van der Waals surface area contributed by atoms with Crippen LogP contribution < -0.4 is 14.8 Å². The molecule has 188 valence electrons. The first-order chi connectivity index (χ1) is 15.6. The number of aliphatic hydroxyl groups is 1. The highest BCUT2D eigenvalue weighted by atomic mass is 16.5. The van der Waals surface area contributed by atoms with Crippen molar-refractivity contribution in [1.82, 2.24) is 10.2 Å². The minimum atomic E-state index is -1.21. The van der Waals surface area contributed by atoms with Crippen molar-refractivity contribution < 1.29 is 34.0 Å². The van der Waals surface area contributed by atoms with Gasteiger partial charge in [-0.15, -0.1) is 0 Å². The smallest absolute Gasteiger partial charge is 0.404 e. The second kappa shape index (κ2) is 14.6. The minimum Gasteiger partial charge on any atom is -0.493 e. The molecule has 1 aromatic carbocycles. The van der Waals surface area contributed by atoms with Crippen molar-refractivity contribution in [2.75, 3.05) is 41.0 Å². The first-order valence-corrected chi connectivity index (χ1v) is 11.3. The Hall–Kier alpha value is -2.52. The van der Waals surface area contributed by atoms with Gasteiger partial charge in [-0.3, -0.25) is 4.79 Å². The van der Waals surface area contributed by atoms with Crippen LogP contribution in [0, 0.1) is 11.8 Å². The van der Waals surface area contributed by atoms with Crippen molar-refractivity contribution in [3.63, 3.8) is 0 Å². The number of amides is 2. The van der Waals surface area contributed by atoms with Gasteiger partial charge in [-0.25, -0.2) is 4.79 Å². The number of likely N-dealkylation sites (N-methyl/N-ethyl adjacent to an activating group) is 1. The molecule has 3 N–H and O–H groups in total. The van der Waals surface area contributed by atoms with E-state index in [1.807, 2.05) is 18.2 Å². The van der Waals surface area contributed by atoms with E-state index >= 15 is 0 Å². The predicted molar refractivity (Wildman–Crippen MR) is 126 cm³/mol. The third kappa shape index (κ3) is 10.3. The van der Waals surface area contributed by atoms with Crippen molar-refractivity contribution in [1.29, 1.82) is 0 Å². The Bertz CT molecular complexity index is 742. The topological polar surface area (TPSA) is 118 Å². The number of aliphatic hydroxyl groups excluding tert-OH is 1. The zero-order valence-corrected chi connectivity index (χ0v) is 20.7. The fraction of sp³-hybridized carbons (Fsp3) is 0.667. The average Bonchev–Trinajstić information content (AvgIpc) is 2.75. The molecule has 1 aromatic rings. The van der Waals surface area contributed by atoms with Gasteiger partial charge in [-0.1, -0.05) is 19.9 Å². The largest absolute Gasteiger partial charge is 0.493 e. The number of carboxylic acid groups (broad SMARTS) is 1. The van der Waals surface area contributed by atoms with Crippen LogP contribution in [-0.4, -0.2) is 80.3 Å². The Morgan fingerprint density at radius 1 is 1.15 bits per heavy atom. The molecule has 0 saturated carbocycles. The number of nitrogens with one attached hydrogen (secondary N) is 1. The summed E-state index contributed by atoms with van der Waals surface area (Å²) in [4.78, 5) is 24.3. The Balaban J connectivity index is 2.99. The number of ether oxygens (including phenoxy) is 3. The van der Waals surface area contributed by atoms with Gasteiger partial charge in [-0.05, 0) is 42.4 Å². The summed E-state index contributed by atoms with van der Waals surface area (Å²) in [6, 6.07) is 5.07. The highest BCUT2D eigenvalue weighted by Crippen LogP contribution is 2.31. The zero-order chi connectivity index (χ0) is 25.0. The highest BCUT2D eigenvalue weighted by molar-refractivity contribution is 5.72. The molecule has 1 rings (SSSR count). The standard InChI is InChI=1S/C24H40N2O7/c1-16(2)19(14-20(25-24(29)30)21(28)15-26(4)17(3)27)12-18-8-9-22(32-6)23(13-18)33-11-7-10-31-5/h8-9,13,16,19-21,25,28H,7,10-12,14-15H2,1-6H3,(H,29,30)/t19-,20-,21-/m0/s1. The van der Waals surface area contributed by atoms with Crippen LogP contribution in [-0.2, 0) is 16.0 Å². The van der Waals surface area contributed by atoms with Crippen LogP contribution in [0.3, 0.4) is 0 Å². The number of carbonyl (C=O) groups excluding carboxylic acids is 1. The van der Waals surface area contributed by atoms with Gasteiger partial charge in [0.15, 0.2) is 11.5 Å². The second-order valence-electron chi connectivity index (χ2n) is 8.65. The number of rotatable bonds is 15. The summed E-state index contributed by atoms with van der Waals surface area (Å²) < 4.78 is 16.3. The van der Waals surface area contributed by atoms with Crippen LogP contribution >= 0.6 is 0 Å². The predicted octanol–water partition coefficient (Wildman–Crippen LogP) is 2.79. The molecule has 0 saturated heterocycles. The lowest BCUT2D eigenvalue weighted by Crippen LogP contribution is -2.49. The van der Waals surface area contributed by atoms with Crippen molar-refractivity contribution >= 4 is 12.0 Å². The number of nitrogens with zero attached hydrogens (tertiary/aromatic N) is 1. The first kappa shape index (κ1) is 28.5. The Morgan fingerprint density at radius 2 is 1.85 bits per heavy atom.